The van der Waals surface area contributed by atoms with E-state index in [0.717, 1.165) is 24.0 Å². The maximum atomic E-state index is 12.6. The summed E-state index contributed by atoms with van der Waals surface area (Å²) in [6, 6.07) is 16.0. The number of amides is 2. The van der Waals surface area contributed by atoms with Crippen molar-refractivity contribution < 1.29 is 24.2 Å². The summed E-state index contributed by atoms with van der Waals surface area (Å²) in [6.07, 6.45) is 2.73. The summed E-state index contributed by atoms with van der Waals surface area (Å²) in [5, 5.41) is 14.7. The van der Waals surface area contributed by atoms with Crippen LogP contribution in [0.4, 0.5) is 4.79 Å². The van der Waals surface area contributed by atoms with Crippen LogP contribution in [0, 0.1) is 11.8 Å². The monoisotopic (exact) mass is 464 g/mol. The standard InChI is InChI=1S/C27H32N2O5/c1-2-3-8-18(14-25(30)28-15-17-13-23(17)26(31)32)29-27(33)34-16-24-21-11-6-4-9-19(21)20-10-5-7-12-22(20)24/h4-7,9-12,17-18,23-24H,2-3,8,13-16H2,1H3,(H,28,30)(H,29,33)(H,31,32)/t17-,18?,23-/m1/s1. The van der Waals surface area contributed by atoms with Crippen LogP contribution in [-0.2, 0) is 14.3 Å². The van der Waals surface area contributed by atoms with Crippen molar-refractivity contribution in [2.24, 2.45) is 11.8 Å². The predicted molar refractivity (Wildman–Crippen MR) is 128 cm³/mol. The third-order valence-corrected chi connectivity index (χ3v) is 6.80. The van der Waals surface area contributed by atoms with E-state index in [1.54, 1.807) is 0 Å². The van der Waals surface area contributed by atoms with Gasteiger partial charge in [0.15, 0.2) is 0 Å². The Balaban J connectivity index is 1.30. The smallest absolute Gasteiger partial charge is 0.407 e. The summed E-state index contributed by atoms with van der Waals surface area (Å²) in [7, 11) is 0. The summed E-state index contributed by atoms with van der Waals surface area (Å²) >= 11 is 0. The minimum Gasteiger partial charge on any atom is -0.481 e. The van der Waals surface area contributed by atoms with Crippen molar-refractivity contribution in [3.05, 3.63) is 59.7 Å². The molecular formula is C27H32N2O5. The molecule has 2 amide bonds. The highest BCUT2D eigenvalue weighted by molar-refractivity contribution is 5.80. The van der Waals surface area contributed by atoms with Crippen LogP contribution in [0.25, 0.3) is 11.1 Å². The molecule has 2 aliphatic rings. The zero-order valence-electron chi connectivity index (χ0n) is 19.5. The number of alkyl carbamates (subject to hydrolysis) is 1. The number of hydrogen-bond donors (Lipinski definition) is 3. The number of hydrogen-bond acceptors (Lipinski definition) is 4. The Bertz CT molecular complexity index is 1010. The third-order valence-electron chi connectivity index (χ3n) is 6.80. The van der Waals surface area contributed by atoms with Gasteiger partial charge in [0.25, 0.3) is 0 Å². The summed E-state index contributed by atoms with van der Waals surface area (Å²) in [5.41, 5.74) is 4.65. The Labute approximate surface area is 199 Å². The van der Waals surface area contributed by atoms with Crippen LogP contribution in [0.1, 0.15) is 56.1 Å². The quantitative estimate of drug-likeness (QED) is 0.460. The normalized spacial score (nSPS) is 19.0. The first-order chi connectivity index (χ1) is 16.5. The highest BCUT2D eigenvalue weighted by Gasteiger charge is 2.43. The summed E-state index contributed by atoms with van der Waals surface area (Å²) in [6.45, 7) is 2.65. The highest BCUT2D eigenvalue weighted by atomic mass is 16.5. The minimum absolute atomic E-state index is 0.00522. The summed E-state index contributed by atoms with van der Waals surface area (Å²) in [5.74, 6) is -1.36. The average Bonchev–Trinajstić information content (AvgIpc) is 3.55. The van der Waals surface area contributed by atoms with Gasteiger partial charge in [-0.1, -0.05) is 68.3 Å². The van der Waals surface area contributed by atoms with Crippen LogP contribution in [0.15, 0.2) is 48.5 Å². The molecule has 0 heterocycles. The zero-order valence-corrected chi connectivity index (χ0v) is 19.5. The van der Waals surface area contributed by atoms with Crippen molar-refractivity contribution in [1.82, 2.24) is 10.6 Å². The van der Waals surface area contributed by atoms with Crippen molar-refractivity contribution >= 4 is 18.0 Å². The van der Waals surface area contributed by atoms with Crippen LogP contribution in [0.3, 0.4) is 0 Å². The molecule has 1 fully saturated rings. The number of carboxylic acids is 1. The van der Waals surface area contributed by atoms with E-state index >= 15 is 0 Å². The Hall–Kier alpha value is -3.35. The molecule has 0 aromatic heterocycles. The number of aliphatic carboxylic acids is 1. The first kappa shape index (κ1) is 23.8. The fraction of sp³-hybridized carbons (Fsp3) is 0.444. The lowest BCUT2D eigenvalue weighted by Gasteiger charge is -2.20. The molecule has 34 heavy (non-hydrogen) atoms. The summed E-state index contributed by atoms with van der Waals surface area (Å²) in [4.78, 5) is 36.0. The van der Waals surface area contributed by atoms with Gasteiger partial charge in [0.1, 0.15) is 6.61 Å². The maximum Gasteiger partial charge on any atom is 0.407 e. The SMILES string of the molecule is CCCCC(CC(=O)NC[C@H]1C[C@H]1C(=O)O)NC(=O)OCC1c2ccccc2-c2ccccc21. The number of carboxylic acid groups (broad SMARTS) is 1. The van der Waals surface area contributed by atoms with Crippen molar-refractivity contribution in [1.29, 1.82) is 0 Å². The Kier molecular flexibility index (Phi) is 7.50. The molecule has 2 aromatic rings. The molecule has 3 atom stereocenters. The van der Waals surface area contributed by atoms with Gasteiger partial charge in [-0.25, -0.2) is 4.79 Å². The van der Waals surface area contributed by atoms with Crippen LogP contribution < -0.4 is 10.6 Å². The molecule has 1 unspecified atom stereocenters. The molecular weight excluding hydrogens is 432 g/mol. The topological polar surface area (TPSA) is 105 Å². The van der Waals surface area contributed by atoms with E-state index in [9.17, 15) is 14.4 Å². The van der Waals surface area contributed by atoms with E-state index in [-0.39, 0.29) is 42.7 Å². The molecule has 0 radical (unpaired) electrons. The van der Waals surface area contributed by atoms with Gasteiger partial charge in [0.2, 0.25) is 5.91 Å². The predicted octanol–water partition coefficient (Wildman–Crippen LogP) is 4.31. The Morgan fingerprint density at radius 3 is 2.29 bits per heavy atom. The fourth-order valence-electron chi connectivity index (χ4n) is 4.80. The number of nitrogens with one attached hydrogen (secondary N) is 2. The van der Waals surface area contributed by atoms with Crippen LogP contribution >= 0.6 is 0 Å². The minimum atomic E-state index is -0.808. The van der Waals surface area contributed by atoms with Gasteiger partial charge in [-0.15, -0.1) is 0 Å². The van der Waals surface area contributed by atoms with Gasteiger partial charge in [-0.05, 0) is 41.0 Å². The average molecular weight is 465 g/mol. The maximum absolute atomic E-state index is 12.6. The lowest BCUT2D eigenvalue weighted by atomic mass is 9.98. The van der Waals surface area contributed by atoms with Crippen LogP contribution in [0.5, 0.6) is 0 Å². The van der Waals surface area contributed by atoms with E-state index < -0.39 is 12.1 Å². The van der Waals surface area contributed by atoms with Crippen molar-refractivity contribution in [3.63, 3.8) is 0 Å². The molecule has 2 aliphatic carbocycles. The molecule has 2 aromatic carbocycles. The number of unbranched alkanes of at least 4 members (excludes halogenated alkanes) is 1. The van der Waals surface area contributed by atoms with Gasteiger partial charge >= 0.3 is 12.1 Å². The first-order valence-electron chi connectivity index (χ1n) is 12.1. The Morgan fingerprint density at radius 2 is 1.71 bits per heavy atom. The lowest BCUT2D eigenvalue weighted by molar-refractivity contribution is -0.139. The second-order valence-electron chi connectivity index (χ2n) is 9.26. The van der Waals surface area contributed by atoms with Crippen LogP contribution in [-0.4, -0.2) is 42.3 Å². The number of rotatable bonds is 11. The van der Waals surface area contributed by atoms with E-state index in [1.807, 2.05) is 24.3 Å². The molecule has 7 nitrogen and oxygen atoms in total. The zero-order chi connectivity index (χ0) is 24.1. The largest absolute Gasteiger partial charge is 0.481 e. The lowest BCUT2D eigenvalue weighted by Crippen LogP contribution is -2.40. The first-order valence-corrected chi connectivity index (χ1v) is 12.1. The second kappa shape index (κ2) is 10.7. The molecule has 0 spiro atoms. The second-order valence-corrected chi connectivity index (χ2v) is 9.26. The number of carbonyl (C=O) groups is 3. The van der Waals surface area contributed by atoms with Gasteiger partial charge in [0, 0.05) is 24.9 Å². The van der Waals surface area contributed by atoms with Gasteiger partial charge in [-0.3, -0.25) is 9.59 Å². The Morgan fingerprint density at radius 1 is 1.06 bits per heavy atom. The molecule has 180 valence electrons. The molecule has 0 saturated heterocycles. The molecule has 3 N–H and O–H groups in total. The number of benzene rings is 2. The summed E-state index contributed by atoms with van der Waals surface area (Å²) < 4.78 is 5.63. The molecule has 1 saturated carbocycles. The van der Waals surface area contributed by atoms with E-state index in [2.05, 4.69) is 41.8 Å². The number of carbonyl (C=O) groups excluding carboxylic acids is 2. The molecule has 0 bridgehead atoms. The van der Waals surface area contributed by atoms with Gasteiger partial charge in [-0.2, -0.15) is 0 Å². The molecule has 7 heteroatoms. The molecule has 4 rings (SSSR count). The number of fused-ring (bicyclic) bond motifs is 3. The third kappa shape index (κ3) is 5.58. The van der Waals surface area contributed by atoms with Crippen LogP contribution in [0.2, 0.25) is 0 Å². The van der Waals surface area contributed by atoms with E-state index in [4.69, 9.17) is 9.84 Å². The molecule has 0 aliphatic heterocycles. The van der Waals surface area contributed by atoms with Gasteiger partial charge in [0.05, 0.1) is 5.92 Å². The van der Waals surface area contributed by atoms with Crippen molar-refractivity contribution in [2.75, 3.05) is 13.2 Å². The van der Waals surface area contributed by atoms with Crippen molar-refractivity contribution in [3.8, 4) is 11.1 Å². The van der Waals surface area contributed by atoms with Crippen molar-refractivity contribution in [2.45, 2.75) is 51.0 Å². The van der Waals surface area contributed by atoms with E-state index in [0.29, 0.717) is 19.4 Å². The fourth-order valence-corrected chi connectivity index (χ4v) is 4.80. The highest BCUT2D eigenvalue weighted by Crippen LogP contribution is 2.44. The van der Waals surface area contributed by atoms with Gasteiger partial charge < -0.3 is 20.5 Å². The van der Waals surface area contributed by atoms with E-state index in [1.165, 1.54) is 11.1 Å². The number of ether oxygens (including phenoxy) is 1.